The maximum absolute atomic E-state index is 14.5. The predicted octanol–water partition coefficient (Wildman–Crippen LogP) is 5.39. The van der Waals surface area contributed by atoms with E-state index >= 15 is 0 Å². The first-order chi connectivity index (χ1) is 25.3. The lowest BCUT2D eigenvalue weighted by Crippen LogP contribution is -2.53. The topological polar surface area (TPSA) is 161 Å². The summed E-state index contributed by atoms with van der Waals surface area (Å²) in [5.74, 6) is -1.79. The molecular weight excluding hydrogens is 697 g/mol. The number of alkyl carbamates (subject to hydrolysis) is 1. The molecule has 3 aliphatic carbocycles. The molecule has 0 spiro atoms. The normalized spacial score (nSPS) is 27.9. The molecule has 0 aromatic heterocycles. The molecule has 1 saturated heterocycles. The van der Waals surface area contributed by atoms with Crippen LogP contribution >= 0.6 is 0 Å². The molecular formula is C40H48N4O8S. The van der Waals surface area contributed by atoms with Crippen molar-refractivity contribution < 1.29 is 37.2 Å². The number of Topliss-reactive ketones (excluding diaryl/α,β-unsaturated/α-hetero) is 1. The summed E-state index contributed by atoms with van der Waals surface area (Å²) in [5.41, 5.74) is 2.52. The molecule has 2 aromatic rings. The lowest BCUT2D eigenvalue weighted by Gasteiger charge is -2.30. The van der Waals surface area contributed by atoms with Crippen molar-refractivity contribution in [3.05, 3.63) is 71.8 Å². The highest BCUT2D eigenvalue weighted by Gasteiger charge is 2.61. The Morgan fingerprint density at radius 2 is 1.58 bits per heavy atom. The summed E-state index contributed by atoms with van der Waals surface area (Å²) in [5, 5.41) is 6.79. The number of benzene rings is 2. The standard InChI is InChI=1S/C40H48N4O8S/c1-39(2,3)51-38(48)41-32-18-8-6-4-5-7-13-25-22-40(25,37(47)43-53(49,50)27-19-20-27)23-34(45)33-21-26(24-44(33)36(32)46)52-42-35-30-16-11-9-14-28(30)29-15-10-12-17-31(29)35/h7,9-17,25-27,32-33H,4-6,8,18-24H2,1-3H3,(H,41,48)(H,43,47)/b13-7-/t25-,26-,32+,33+,40-/m1/s1. The molecule has 2 aliphatic heterocycles. The first-order valence-corrected chi connectivity index (χ1v) is 20.3. The lowest BCUT2D eigenvalue weighted by molar-refractivity contribution is -0.140. The van der Waals surface area contributed by atoms with Crippen molar-refractivity contribution in [1.82, 2.24) is 14.9 Å². The molecule has 5 aliphatic rings. The van der Waals surface area contributed by atoms with E-state index in [1.54, 1.807) is 20.8 Å². The number of allylic oxidation sites excluding steroid dienone is 2. The highest BCUT2D eigenvalue weighted by atomic mass is 32.2. The smallest absolute Gasteiger partial charge is 0.408 e. The summed E-state index contributed by atoms with van der Waals surface area (Å²) in [4.78, 5) is 63.3. The van der Waals surface area contributed by atoms with Crippen LogP contribution in [0.4, 0.5) is 4.79 Å². The van der Waals surface area contributed by atoms with Gasteiger partial charge in [0.2, 0.25) is 21.8 Å². The summed E-state index contributed by atoms with van der Waals surface area (Å²) < 4.78 is 33.5. The minimum Gasteiger partial charge on any atom is -0.444 e. The number of oxime groups is 1. The van der Waals surface area contributed by atoms with Crippen LogP contribution in [0.3, 0.4) is 0 Å². The van der Waals surface area contributed by atoms with Crippen molar-refractivity contribution >= 4 is 39.4 Å². The second-order valence-corrected chi connectivity index (χ2v) is 18.0. The van der Waals surface area contributed by atoms with Gasteiger partial charge in [0.25, 0.3) is 0 Å². The average molecular weight is 745 g/mol. The van der Waals surface area contributed by atoms with E-state index in [1.807, 2.05) is 60.7 Å². The number of rotatable bonds is 6. The third kappa shape index (κ3) is 7.90. The van der Waals surface area contributed by atoms with Gasteiger partial charge in [-0.25, -0.2) is 13.2 Å². The summed E-state index contributed by atoms with van der Waals surface area (Å²) in [7, 11) is -3.84. The SMILES string of the molecule is CC(C)(C)OC(=O)N[C@H]1CCCCC/C=C\[C@@H]2C[C@@]2(C(=O)NS(=O)(=O)C2CC2)CC(=O)[C@@H]2C[C@@H](ON=C3c4ccccc4-c4ccccc43)CN2C1=O. The molecule has 0 radical (unpaired) electrons. The molecule has 0 unspecified atom stereocenters. The largest absolute Gasteiger partial charge is 0.444 e. The zero-order chi connectivity index (χ0) is 37.5. The van der Waals surface area contributed by atoms with E-state index in [0.29, 0.717) is 37.8 Å². The van der Waals surface area contributed by atoms with Gasteiger partial charge in [-0.3, -0.25) is 19.1 Å². The Morgan fingerprint density at radius 1 is 0.925 bits per heavy atom. The van der Waals surface area contributed by atoms with Crippen LogP contribution in [0.2, 0.25) is 0 Å². The molecule has 282 valence electrons. The molecule has 53 heavy (non-hydrogen) atoms. The fraction of sp³-hybridized carbons (Fsp3) is 0.525. The van der Waals surface area contributed by atoms with Gasteiger partial charge in [-0.15, -0.1) is 0 Å². The Balaban J connectivity index is 1.18. The van der Waals surface area contributed by atoms with Gasteiger partial charge < -0.3 is 19.8 Å². The zero-order valence-corrected chi connectivity index (χ0v) is 31.3. The number of hydrogen-bond donors (Lipinski definition) is 2. The third-order valence-electron chi connectivity index (χ3n) is 10.9. The van der Waals surface area contributed by atoms with Crippen LogP contribution in [0.1, 0.15) is 96.1 Å². The average Bonchev–Trinajstić information content (AvgIpc) is 4.01. The Kier molecular flexibility index (Phi) is 9.99. The summed E-state index contributed by atoms with van der Waals surface area (Å²) in [6.07, 6.45) is 7.04. The van der Waals surface area contributed by atoms with E-state index in [9.17, 15) is 27.6 Å². The monoisotopic (exact) mass is 744 g/mol. The maximum atomic E-state index is 14.5. The van der Waals surface area contributed by atoms with Gasteiger partial charge in [0, 0.05) is 24.0 Å². The minimum atomic E-state index is -3.84. The zero-order valence-electron chi connectivity index (χ0n) is 30.5. The number of ketones is 1. The first-order valence-electron chi connectivity index (χ1n) is 18.7. The molecule has 3 fully saturated rings. The van der Waals surface area contributed by atoms with Crippen LogP contribution in [0.25, 0.3) is 11.1 Å². The van der Waals surface area contributed by atoms with E-state index in [0.717, 1.165) is 41.5 Å². The number of ether oxygens (including phenoxy) is 1. The van der Waals surface area contributed by atoms with Crippen LogP contribution < -0.4 is 10.0 Å². The fourth-order valence-corrected chi connectivity index (χ4v) is 9.23. The lowest BCUT2D eigenvalue weighted by atomic mass is 9.91. The van der Waals surface area contributed by atoms with Crippen molar-refractivity contribution in [3.8, 4) is 11.1 Å². The summed E-state index contributed by atoms with van der Waals surface area (Å²) in [6, 6.07) is 13.9. The van der Waals surface area contributed by atoms with E-state index in [4.69, 9.17) is 9.57 Å². The number of nitrogens with zero attached hydrogens (tertiary/aromatic N) is 2. The molecule has 7 rings (SSSR count). The molecule has 2 aromatic carbocycles. The second-order valence-electron chi connectivity index (χ2n) is 16.1. The highest BCUT2D eigenvalue weighted by Crippen LogP contribution is 2.57. The van der Waals surface area contributed by atoms with Crippen molar-refractivity contribution in [1.29, 1.82) is 0 Å². The van der Waals surface area contributed by atoms with E-state index < -0.39 is 62.4 Å². The summed E-state index contributed by atoms with van der Waals surface area (Å²) in [6.45, 7) is 5.25. The van der Waals surface area contributed by atoms with Crippen molar-refractivity contribution in [2.24, 2.45) is 16.5 Å². The van der Waals surface area contributed by atoms with E-state index in [1.165, 1.54) is 4.90 Å². The van der Waals surface area contributed by atoms with E-state index in [2.05, 4.69) is 15.2 Å². The molecule has 2 N–H and O–H groups in total. The Hall–Kier alpha value is -4.52. The van der Waals surface area contributed by atoms with Gasteiger partial charge in [-0.05, 0) is 76.3 Å². The molecule has 12 nitrogen and oxygen atoms in total. The van der Waals surface area contributed by atoms with Crippen molar-refractivity contribution in [2.45, 2.75) is 114 Å². The number of nitrogens with one attached hydrogen (secondary N) is 2. The van der Waals surface area contributed by atoms with Crippen LogP contribution in [0.5, 0.6) is 0 Å². The Morgan fingerprint density at radius 3 is 2.23 bits per heavy atom. The van der Waals surface area contributed by atoms with Gasteiger partial charge >= 0.3 is 6.09 Å². The van der Waals surface area contributed by atoms with Gasteiger partial charge in [-0.1, -0.05) is 78.7 Å². The number of amides is 3. The molecule has 2 heterocycles. The minimum absolute atomic E-state index is 0.0282. The fourth-order valence-electron chi connectivity index (χ4n) is 7.85. The number of fused-ring (bicyclic) bond motifs is 5. The van der Waals surface area contributed by atoms with Crippen LogP contribution in [-0.4, -0.2) is 78.3 Å². The van der Waals surface area contributed by atoms with Gasteiger partial charge in [-0.2, -0.15) is 0 Å². The molecule has 13 heteroatoms. The second kappa shape index (κ2) is 14.4. The van der Waals surface area contributed by atoms with Gasteiger partial charge in [0.05, 0.1) is 23.3 Å². The van der Waals surface area contributed by atoms with Crippen molar-refractivity contribution in [3.63, 3.8) is 0 Å². The third-order valence-corrected chi connectivity index (χ3v) is 12.7. The molecule has 5 atom stereocenters. The van der Waals surface area contributed by atoms with Gasteiger partial charge in [0.15, 0.2) is 5.78 Å². The quantitative estimate of drug-likeness (QED) is 0.251. The predicted molar refractivity (Wildman–Crippen MR) is 198 cm³/mol. The van der Waals surface area contributed by atoms with E-state index in [-0.39, 0.29) is 31.1 Å². The molecule has 3 amide bonds. The van der Waals surface area contributed by atoms with Crippen LogP contribution in [-0.2, 0) is 34.0 Å². The molecule has 2 saturated carbocycles. The number of hydrogen-bond acceptors (Lipinski definition) is 9. The van der Waals surface area contributed by atoms with Crippen LogP contribution in [0.15, 0.2) is 65.8 Å². The van der Waals surface area contributed by atoms with Gasteiger partial charge in [0.1, 0.15) is 23.5 Å². The van der Waals surface area contributed by atoms with Crippen molar-refractivity contribution in [2.75, 3.05) is 6.54 Å². The Bertz CT molecular complexity index is 1920. The van der Waals surface area contributed by atoms with Crippen LogP contribution in [0, 0.1) is 11.3 Å². The first kappa shape index (κ1) is 36.8. The number of sulfonamides is 1. The Labute approximate surface area is 310 Å². The highest BCUT2D eigenvalue weighted by molar-refractivity contribution is 7.90. The maximum Gasteiger partial charge on any atom is 0.408 e. The number of carbonyl (C=O) groups excluding carboxylic acids is 4. The molecule has 0 bridgehead atoms. The number of carbonyl (C=O) groups is 4. The summed E-state index contributed by atoms with van der Waals surface area (Å²) >= 11 is 0.